The van der Waals surface area contributed by atoms with Gasteiger partial charge >= 0.3 is 5.63 Å². The molecule has 2 aromatic carbocycles. The van der Waals surface area contributed by atoms with E-state index >= 15 is 0 Å². The molecule has 3 aromatic heterocycles. The highest BCUT2D eigenvalue weighted by Gasteiger charge is 2.17. The van der Waals surface area contributed by atoms with Crippen LogP contribution in [0.1, 0.15) is 5.56 Å². The molecule has 0 aliphatic heterocycles. The van der Waals surface area contributed by atoms with Gasteiger partial charge in [0.25, 0.3) is 0 Å². The number of nitrogens with zero attached hydrogens (tertiary/aromatic N) is 3. The Labute approximate surface area is 179 Å². The zero-order valence-electron chi connectivity index (χ0n) is 15.6. The highest BCUT2D eigenvalue weighted by Crippen LogP contribution is 2.33. The Balaban J connectivity index is 1.55. The molecule has 0 saturated heterocycles. The molecular weight excluding hydrogens is 418 g/mol. The van der Waals surface area contributed by atoms with Crippen molar-refractivity contribution in [2.24, 2.45) is 0 Å². The second-order valence-corrected chi connectivity index (χ2v) is 8.40. The molecule has 0 radical (unpaired) electrons. The number of thioether (sulfide) groups is 1. The predicted molar refractivity (Wildman–Crippen MR) is 118 cm³/mol. The van der Waals surface area contributed by atoms with Gasteiger partial charge in [-0.2, -0.15) is 0 Å². The third-order valence-corrected chi connectivity index (χ3v) is 6.40. The summed E-state index contributed by atoms with van der Waals surface area (Å²) in [6.45, 7) is 0. The quantitative estimate of drug-likeness (QED) is 0.307. The molecule has 0 fully saturated rings. The van der Waals surface area contributed by atoms with Crippen LogP contribution in [-0.4, -0.2) is 19.9 Å². The highest BCUT2D eigenvalue weighted by atomic mass is 32.2. The van der Waals surface area contributed by atoms with Crippen molar-refractivity contribution >= 4 is 34.1 Å². The van der Waals surface area contributed by atoms with Crippen LogP contribution in [0.15, 0.2) is 86.5 Å². The van der Waals surface area contributed by atoms with Gasteiger partial charge in [-0.25, -0.2) is 4.79 Å². The third kappa shape index (κ3) is 3.51. The first-order chi connectivity index (χ1) is 14.7. The molecular formula is C22H15N3O3S2. The molecule has 8 heteroatoms. The minimum absolute atomic E-state index is 0.0554. The van der Waals surface area contributed by atoms with Crippen LogP contribution in [-0.2, 0) is 5.75 Å². The van der Waals surface area contributed by atoms with Crippen LogP contribution < -0.4 is 5.63 Å². The molecule has 148 valence electrons. The number of hydrogen-bond donors (Lipinski definition) is 1. The lowest BCUT2D eigenvalue weighted by atomic mass is 10.1. The average Bonchev–Trinajstić information content (AvgIpc) is 3.42. The van der Waals surface area contributed by atoms with Crippen LogP contribution in [0.5, 0.6) is 5.75 Å². The predicted octanol–water partition coefficient (Wildman–Crippen LogP) is 5.10. The topological polar surface area (TPSA) is 81.2 Å². The summed E-state index contributed by atoms with van der Waals surface area (Å²) in [4.78, 5) is 13.0. The van der Waals surface area contributed by atoms with E-state index in [1.807, 2.05) is 52.4 Å². The Kier molecular flexibility index (Phi) is 4.86. The Morgan fingerprint density at radius 2 is 1.90 bits per heavy atom. The number of thiophene rings is 1. The van der Waals surface area contributed by atoms with Crippen LogP contribution in [0.3, 0.4) is 0 Å². The maximum absolute atomic E-state index is 12.0. The van der Waals surface area contributed by atoms with Crippen molar-refractivity contribution in [3.05, 3.63) is 88.1 Å². The summed E-state index contributed by atoms with van der Waals surface area (Å²) in [7, 11) is 0. The fourth-order valence-electron chi connectivity index (χ4n) is 3.22. The molecule has 1 N–H and O–H groups in total. The maximum Gasteiger partial charge on any atom is 0.336 e. The monoisotopic (exact) mass is 433 g/mol. The summed E-state index contributed by atoms with van der Waals surface area (Å²) in [5, 5.41) is 22.1. The number of phenols is 1. The first kappa shape index (κ1) is 18.7. The number of benzene rings is 2. The average molecular weight is 434 g/mol. The second-order valence-electron chi connectivity index (χ2n) is 6.51. The number of aromatic nitrogens is 3. The SMILES string of the molecule is O=c1cc(CSc2nnc(-c3cccs3)n2-c2ccccc2)c2ccc(O)cc2o1. The van der Waals surface area contributed by atoms with Crippen molar-refractivity contribution in [3.8, 4) is 22.1 Å². The van der Waals surface area contributed by atoms with Crippen LogP contribution in [0.2, 0.25) is 0 Å². The van der Waals surface area contributed by atoms with Gasteiger partial charge in [-0.1, -0.05) is 36.0 Å². The van der Waals surface area contributed by atoms with Crippen molar-refractivity contribution in [1.82, 2.24) is 14.8 Å². The van der Waals surface area contributed by atoms with E-state index in [9.17, 15) is 9.90 Å². The molecule has 0 unspecified atom stereocenters. The van der Waals surface area contributed by atoms with Gasteiger partial charge in [0.1, 0.15) is 11.3 Å². The molecule has 0 spiro atoms. The van der Waals surface area contributed by atoms with Gasteiger partial charge < -0.3 is 9.52 Å². The van der Waals surface area contributed by atoms with Gasteiger partial charge in [-0.3, -0.25) is 4.57 Å². The van der Waals surface area contributed by atoms with E-state index in [0.29, 0.717) is 11.3 Å². The fraction of sp³-hybridized carbons (Fsp3) is 0.0455. The number of aromatic hydroxyl groups is 1. The van der Waals surface area contributed by atoms with Gasteiger partial charge in [0.2, 0.25) is 0 Å². The van der Waals surface area contributed by atoms with E-state index in [0.717, 1.165) is 32.5 Å². The molecule has 6 nitrogen and oxygen atoms in total. The number of hydrogen-bond acceptors (Lipinski definition) is 7. The van der Waals surface area contributed by atoms with E-state index in [-0.39, 0.29) is 5.75 Å². The summed E-state index contributed by atoms with van der Waals surface area (Å²) in [5.41, 5.74) is 1.69. The van der Waals surface area contributed by atoms with Crippen LogP contribution >= 0.6 is 23.1 Å². The molecule has 30 heavy (non-hydrogen) atoms. The van der Waals surface area contributed by atoms with Crippen molar-refractivity contribution < 1.29 is 9.52 Å². The van der Waals surface area contributed by atoms with Gasteiger partial charge in [-0.05, 0) is 41.3 Å². The largest absolute Gasteiger partial charge is 0.508 e. The van der Waals surface area contributed by atoms with Crippen LogP contribution in [0.4, 0.5) is 0 Å². The van der Waals surface area contributed by atoms with Gasteiger partial charge in [0, 0.05) is 29.0 Å². The maximum atomic E-state index is 12.0. The molecule has 0 amide bonds. The third-order valence-electron chi connectivity index (χ3n) is 4.56. The zero-order chi connectivity index (χ0) is 20.5. The zero-order valence-corrected chi connectivity index (χ0v) is 17.2. The summed E-state index contributed by atoms with van der Waals surface area (Å²) in [6.07, 6.45) is 0. The van der Waals surface area contributed by atoms with E-state index in [4.69, 9.17) is 4.42 Å². The minimum Gasteiger partial charge on any atom is -0.508 e. The van der Waals surface area contributed by atoms with Crippen LogP contribution in [0, 0.1) is 0 Å². The molecule has 3 heterocycles. The van der Waals surface area contributed by atoms with E-state index < -0.39 is 5.63 Å². The Morgan fingerprint density at radius 3 is 2.70 bits per heavy atom. The van der Waals surface area contributed by atoms with E-state index in [1.165, 1.54) is 23.9 Å². The Morgan fingerprint density at radius 1 is 1.03 bits per heavy atom. The molecule has 5 rings (SSSR count). The van der Waals surface area contributed by atoms with Crippen molar-refractivity contribution in [2.75, 3.05) is 0 Å². The molecule has 5 aromatic rings. The second kappa shape index (κ2) is 7.81. The minimum atomic E-state index is -0.451. The summed E-state index contributed by atoms with van der Waals surface area (Å²) >= 11 is 3.10. The molecule has 0 bridgehead atoms. The molecule has 0 aliphatic rings. The lowest BCUT2D eigenvalue weighted by Crippen LogP contribution is -2.01. The van der Waals surface area contributed by atoms with E-state index in [1.54, 1.807) is 23.5 Å². The Bertz CT molecular complexity index is 1380. The number of rotatable bonds is 5. The lowest BCUT2D eigenvalue weighted by Gasteiger charge is -2.10. The first-order valence-corrected chi connectivity index (χ1v) is 11.0. The van der Waals surface area contributed by atoms with Gasteiger partial charge in [0.05, 0.1) is 4.88 Å². The highest BCUT2D eigenvalue weighted by molar-refractivity contribution is 7.98. The Hall–Kier alpha value is -3.36. The van der Waals surface area contributed by atoms with E-state index in [2.05, 4.69) is 10.2 Å². The normalized spacial score (nSPS) is 11.2. The number of fused-ring (bicyclic) bond motifs is 1. The van der Waals surface area contributed by atoms with Gasteiger partial charge in [0.15, 0.2) is 11.0 Å². The van der Waals surface area contributed by atoms with Crippen molar-refractivity contribution in [1.29, 1.82) is 0 Å². The summed E-state index contributed by atoms with van der Waals surface area (Å²) in [6, 6.07) is 20.2. The van der Waals surface area contributed by atoms with Gasteiger partial charge in [-0.15, -0.1) is 21.5 Å². The standard InChI is InChI=1S/C22H15N3O3S2/c26-16-8-9-17-14(11-20(27)28-18(17)12-16)13-30-22-24-23-21(19-7-4-10-29-19)25(22)15-5-2-1-3-6-15/h1-12,26H,13H2. The molecule has 0 atom stereocenters. The van der Waals surface area contributed by atoms with Crippen molar-refractivity contribution in [3.63, 3.8) is 0 Å². The number of para-hydroxylation sites is 1. The fourth-order valence-corrected chi connectivity index (χ4v) is 4.86. The smallest absolute Gasteiger partial charge is 0.336 e. The van der Waals surface area contributed by atoms with Crippen LogP contribution in [0.25, 0.3) is 27.4 Å². The molecule has 0 saturated carbocycles. The lowest BCUT2D eigenvalue weighted by molar-refractivity contribution is 0.473. The molecule has 0 aliphatic carbocycles. The summed E-state index contributed by atoms with van der Waals surface area (Å²) < 4.78 is 7.25. The van der Waals surface area contributed by atoms with Crippen molar-refractivity contribution in [2.45, 2.75) is 10.9 Å². The summed E-state index contributed by atoms with van der Waals surface area (Å²) in [5.74, 6) is 1.34. The first-order valence-electron chi connectivity index (χ1n) is 9.12. The number of phenolic OH excluding ortho intramolecular Hbond substituents is 1.